The van der Waals surface area contributed by atoms with Crippen LogP contribution in [0.15, 0.2) is 30.3 Å². The lowest BCUT2D eigenvalue weighted by molar-refractivity contribution is -0.139. The summed E-state index contributed by atoms with van der Waals surface area (Å²) in [7, 11) is 0. The predicted octanol–water partition coefficient (Wildman–Crippen LogP) is 2.66. The number of aliphatic hydroxyl groups is 1. The average Bonchev–Trinajstić information content (AvgIpc) is 2.36. The standard InChI is InChI=1S/C16H18O2/c1-3-10-15(2)11-9-14(17)12-16(15,18)13-7-5-4-6-8-13/h4-8,18H,9,11-12H2,1-2H3/t15-,16+/m0/s1. The monoisotopic (exact) mass is 242 g/mol. The molecule has 1 aromatic rings. The van der Waals surface area contributed by atoms with Crippen LogP contribution in [0.5, 0.6) is 0 Å². The van der Waals surface area contributed by atoms with E-state index < -0.39 is 11.0 Å². The molecule has 94 valence electrons. The van der Waals surface area contributed by atoms with E-state index in [0.717, 1.165) is 5.56 Å². The largest absolute Gasteiger partial charge is 0.383 e. The number of rotatable bonds is 1. The Bertz CT molecular complexity index is 509. The summed E-state index contributed by atoms with van der Waals surface area (Å²) in [6.45, 7) is 3.72. The molecule has 0 aliphatic heterocycles. The summed E-state index contributed by atoms with van der Waals surface area (Å²) in [5, 5.41) is 11.0. The molecule has 0 unspecified atom stereocenters. The fourth-order valence-electron chi connectivity index (χ4n) is 2.74. The van der Waals surface area contributed by atoms with Gasteiger partial charge in [0.25, 0.3) is 0 Å². The minimum absolute atomic E-state index is 0.108. The van der Waals surface area contributed by atoms with Gasteiger partial charge in [0.15, 0.2) is 0 Å². The van der Waals surface area contributed by atoms with Crippen LogP contribution in [0, 0.1) is 17.3 Å². The first-order valence-electron chi connectivity index (χ1n) is 6.25. The minimum Gasteiger partial charge on any atom is -0.383 e. The highest BCUT2D eigenvalue weighted by molar-refractivity contribution is 5.81. The quantitative estimate of drug-likeness (QED) is 0.769. The van der Waals surface area contributed by atoms with Gasteiger partial charge in [0, 0.05) is 12.8 Å². The predicted molar refractivity (Wildman–Crippen MR) is 70.8 cm³/mol. The normalized spacial score (nSPS) is 31.6. The lowest BCUT2D eigenvalue weighted by Gasteiger charge is -2.45. The van der Waals surface area contributed by atoms with E-state index in [4.69, 9.17) is 0 Å². The molecule has 0 aromatic heterocycles. The number of Topliss-reactive ketones (excluding diaryl/α,β-unsaturated/α-hetero) is 1. The smallest absolute Gasteiger partial charge is 0.136 e. The van der Waals surface area contributed by atoms with Gasteiger partial charge in [0.2, 0.25) is 0 Å². The fraction of sp³-hybridized carbons (Fsp3) is 0.438. The van der Waals surface area contributed by atoms with Gasteiger partial charge in [-0.3, -0.25) is 4.79 Å². The third-order valence-electron chi connectivity index (χ3n) is 3.92. The van der Waals surface area contributed by atoms with Gasteiger partial charge >= 0.3 is 0 Å². The van der Waals surface area contributed by atoms with Crippen LogP contribution >= 0.6 is 0 Å². The second-order valence-corrected chi connectivity index (χ2v) is 5.15. The Balaban J connectivity index is 2.53. The summed E-state index contributed by atoms with van der Waals surface area (Å²) < 4.78 is 0. The summed E-state index contributed by atoms with van der Waals surface area (Å²) in [5.41, 5.74) is -0.952. The summed E-state index contributed by atoms with van der Waals surface area (Å²) >= 11 is 0. The van der Waals surface area contributed by atoms with E-state index >= 15 is 0 Å². The molecule has 0 amide bonds. The van der Waals surface area contributed by atoms with E-state index in [9.17, 15) is 9.90 Å². The van der Waals surface area contributed by atoms with Gasteiger partial charge in [-0.1, -0.05) is 36.3 Å². The van der Waals surface area contributed by atoms with E-state index in [0.29, 0.717) is 12.8 Å². The Hall–Kier alpha value is -1.59. The van der Waals surface area contributed by atoms with Crippen molar-refractivity contribution in [3.05, 3.63) is 35.9 Å². The Kier molecular flexibility index (Phi) is 3.28. The van der Waals surface area contributed by atoms with Crippen LogP contribution in [0.25, 0.3) is 0 Å². The maximum absolute atomic E-state index is 11.7. The first-order valence-corrected chi connectivity index (χ1v) is 6.25. The van der Waals surface area contributed by atoms with Gasteiger partial charge in [0.05, 0.1) is 5.41 Å². The maximum atomic E-state index is 11.7. The molecule has 1 aliphatic carbocycles. The highest BCUT2D eigenvalue weighted by atomic mass is 16.3. The molecular weight excluding hydrogens is 224 g/mol. The zero-order valence-corrected chi connectivity index (χ0v) is 10.9. The molecule has 0 bridgehead atoms. The molecule has 1 fully saturated rings. The number of carbonyl (C=O) groups is 1. The van der Waals surface area contributed by atoms with E-state index in [2.05, 4.69) is 11.8 Å². The Morgan fingerprint density at radius 3 is 2.56 bits per heavy atom. The van der Waals surface area contributed by atoms with Crippen molar-refractivity contribution in [2.45, 2.75) is 38.7 Å². The number of hydrogen-bond donors (Lipinski definition) is 1. The van der Waals surface area contributed by atoms with Crippen LogP contribution in [-0.2, 0) is 10.4 Å². The number of ketones is 1. The molecule has 1 N–H and O–H groups in total. The highest BCUT2D eigenvalue weighted by Crippen LogP contribution is 2.48. The molecular formula is C16H18O2. The third kappa shape index (κ3) is 1.95. The zero-order valence-electron chi connectivity index (χ0n) is 10.9. The highest BCUT2D eigenvalue weighted by Gasteiger charge is 2.51. The van der Waals surface area contributed by atoms with Crippen molar-refractivity contribution in [1.29, 1.82) is 0 Å². The van der Waals surface area contributed by atoms with Crippen molar-refractivity contribution in [3.63, 3.8) is 0 Å². The molecule has 2 atom stereocenters. The molecule has 2 nitrogen and oxygen atoms in total. The summed E-state index contributed by atoms with van der Waals surface area (Å²) in [4.78, 5) is 11.7. The molecule has 1 aliphatic rings. The first kappa shape index (κ1) is 12.9. The van der Waals surface area contributed by atoms with Crippen LogP contribution in [0.4, 0.5) is 0 Å². The molecule has 0 spiro atoms. The zero-order chi connectivity index (χ0) is 13.2. The lowest BCUT2D eigenvalue weighted by atomic mass is 9.61. The molecule has 1 aromatic carbocycles. The topological polar surface area (TPSA) is 37.3 Å². The van der Waals surface area contributed by atoms with Crippen LogP contribution in [0.1, 0.15) is 38.7 Å². The second kappa shape index (κ2) is 4.59. The van der Waals surface area contributed by atoms with Crippen molar-refractivity contribution in [1.82, 2.24) is 0 Å². The van der Waals surface area contributed by atoms with Gasteiger partial charge in [0.1, 0.15) is 11.4 Å². The second-order valence-electron chi connectivity index (χ2n) is 5.15. The number of benzene rings is 1. The summed E-state index contributed by atoms with van der Waals surface area (Å²) in [6, 6.07) is 9.40. The van der Waals surface area contributed by atoms with E-state index in [1.54, 1.807) is 6.92 Å². The molecule has 2 heteroatoms. The Labute approximate surface area is 108 Å². The molecule has 2 rings (SSSR count). The average molecular weight is 242 g/mol. The summed E-state index contributed by atoms with van der Waals surface area (Å²) in [6.07, 6.45) is 1.26. The number of carbonyl (C=O) groups excluding carboxylic acids is 1. The van der Waals surface area contributed by atoms with Gasteiger partial charge < -0.3 is 5.11 Å². The molecule has 18 heavy (non-hydrogen) atoms. The fourth-order valence-corrected chi connectivity index (χ4v) is 2.74. The third-order valence-corrected chi connectivity index (χ3v) is 3.92. The van der Waals surface area contributed by atoms with E-state index in [1.165, 1.54) is 0 Å². The molecule has 0 heterocycles. The first-order chi connectivity index (χ1) is 8.52. The Morgan fingerprint density at radius 2 is 1.94 bits per heavy atom. The van der Waals surface area contributed by atoms with Gasteiger partial charge in [-0.15, -0.1) is 5.92 Å². The lowest BCUT2D eigenvalue weighted by Crippen LogP contribution is -2.48. The van der Waals surface area contributed by atoms with Crippen LogP contribution < -0.4 is 0 Å². The van der Waals surface area contributed by atoms with Gasteiger partial charge in [-0.05, 0) is 25.8 Å². The van der Waals surface area contributed by atoms with Crippen LogP contribution in [0.2, 0.25) is 0 Å². The van der Waals surface area contributed by atoms with Crippen molar-refractivity contribution < 1.29 is 9.90 Å². The van der Waals surface area contributed by atoms with E-state index in [-0.39, 0.29) is 12.2 Å². The molecule has 0 saturated heterocycles. The molecule has 0 radical (unpaired) electrons. The van der Waals surface area contributed by atoms with Gasteiger partial charge in [-0.25, -0.2) is 0 Å². The number of hydrogen-bond acceptors (Lipinski definition) is 2. The van der Waals surface area contributed by atoms with Gasteiger partial charge in [-0.2, -0.15) is 0 Å². The SMILES string of the molecule is CC#C[C@@]1(C)CCC(=O)C[C@@]1(O)c1ccccc1. The van der Waals surface area contributed by atoms with Crippen molar-refractivity contribution in [3.8, 4) is 11.8 Å². The van der Waals surface area contributed by atoms with Crippen LogP contribution in [-0.4, -0.2) is 10.9 Å². The Morgan fingerprint density at radius 1 is 1.28 bits per heavy atom. The maximum Gasteiger partial charge on any atom is 0.136 e. The van der Waals surface area contributed by atoms with Crippen LogP contribution in [0.3, 0.4) is 0 Å². The van der Waals surface area contributed by atoms with Crippen molar-refractivity contribution >= 4 is 5.78 Å². The van der Waals surface area contributed by atoms with Crippen molar-refractivity contribution in [2.75, 3.05) is 0 Å². The van der Waals surface area contributed by atoms with Crippen molar-refractivity contribution in [2.24, 2.45) is 5.41 Å². The minimum atomic E-state index is -1.17. The summed E-state index contributed by atoms with van der Waals surface area (Å²) in [5.74, 6) is 6.12. The molecule has 1 saturated carbocycles. The van der Waals surface area contributed by atoms with E-state index in [1.807, 2.05) is 37.3 Å².